The third-order valence-electron chi connectivity index (χ3n) is 3.09. The Kier molecular flexibility index (Phi) is 3.56. The van der Waals surface area contributed by atoms with E-state index in [-0.39, 0.29) is 5.82 Å². The molecule has 1 heterocycles. The molecular weight excluding hydrogens is 271 g/mol. The van der Waals surface area contributed by atoms with E-state index in [1.54, 1.807) is 30.1 Å². The summed E-state index contributed by atoms with van der Waals surface area (Å²) in [6.45, 7) is 0. The molecule has 0 bridgehead atoms. The van der Waals surface area contributed by atoms with Crippen LogP contribution in [-0.2, 0) is 0 Å². The van der Waals surface area contributed by atoms with Crippen molar-refractivity contribution in [2.45, 2.75) is 4.90 Å². The topological polar surface area (TPSA) is 28.7 Å². The summed E-state index contributed by atoms with van der Waals surface area (Å²) in [5, 5.41) is 0. The highest BCUT2D eigenvalue weighted by molar-refractivity contribution is 7.98. The van der Waals surface area contributed by atoms with E-state index >= 15 is 0 Å². The molecule has 0 radical (unpaired) electrons. The van der Waals surface area contributed by atoms with E-state index in [9.17, 15) is 4.39 Å². The zero-order chi connectivity index (χ0) is 13.9. The minimum absolute atomic E-state index is 0.235. The Morgan fingerprint density at radius 2 is 1.60 bits per heavy atom. The van der Waals surface area contributed by atoms with Crippen LogP contribution in [0.4, 0.5) is 4.39 Å². The van der Waals surface area contributed by atoms with Crippen LogP contribution in [0.25, 0.3) is 22.6 Å². The smallest absolute Gasteiger partial charge is 0.137 e. The molecule has 4 heteroatoms. The number of aromatic nitrogens is 2. The number of hydrogen-bond acceptors (Lipinski definition) is 2. The van der Waals surface area contributed by atoms with Crippen molar-refractivity contribution in [1.29, 1.82) is 0 Å². The van der Waals surface area contributed by atoms with Crippen molar-refractivity contribution >= 4 is 11.8 Å². The fourth-order valence-electron chi connectivity index (χ4n) is 1.99. The maximum Gasteiger partial charge on any atom is 0.137 e. The van der Waals surface area contributed by atoms with Gasteiger partial charge in [-0.05, 0) is 48.2 Å². The first-order chi connectivity index (χ1) is 9.76. The van der Waals surface area contributed by atoms with Crippen LogP contribution in [0.1, 0.15) is 0 Å². The zero-order valence-corrected chi connectivity index (χ0v) is 11.7. The van der Waals surface area contributed by atoms with E-state index in [0.29, 0.717) is 0 Å². The predicted octanol–water partition coefficient (Wildman–Crippen LogP) is 4.60. The average molecular weight is 284 g/mol. The summed E-state index contributed by atoms with van der Waals surface area (Å²) in [5.74, 6) is 0.582. The van der Waals surface area contributed by atoms with Gasteiger partial charge in [0.05, 0.1) is 11.9 Å². The summed E-state index contributed by atoms with van der Waals surface area (Å²) >= 11 is 1.71. The lowest BCUT2D eigenvalue weighted by molar-refractivity contribution is 0.628. The van der Waals surface area contributed by atoms with Crippen LogP contribution in [0.3, 0.4) is 0 Å². The van der Waals surface area contributed by atoms with E-state index in [2.05, 4.69) is 28.4 Å². The number of nitrogens with zero attached hydrogens (tertiary/aromatic N) is 1. The highest BCUT2D eigenvalue weighted by Gasteiger charge is 2.05. The summed E-state index contributed by atoms with van der Waals surface area (Å²) in [6, 6.07) is 14.6. The number of H-pyrrole nitrogens is 1. The number of halogens is 1. The molecule has 0 saturated heterocycles. The van der Waals surface area contributed by atoms with Crippen LogP contribution in [-0.4, -0.2) is 16.2 Å². The zero-order valence-electron chi connectivity index (χ0n) is 10.9. The quantitative estimate of drug-likeness (QED) is 0.712. The fraction of sp³-hybridized carbons (Fsp3) is 0.0625. The number of rotatable bonds is 3. The van der Waals surface area contributed by atoms with Crippen molar-refractivity contribution in [1.82, 2.24) is 9.97 Å². The molecule has 0 aliphatic heterocycles. The van der Waals surface area contributed by atoms with Crippen LogP contribution in [0, 0.1) is 5.82 Å². The van der Waals surface area contributed by atoms with Crippen LogP contribution in [0.5, 0.6) is 0 Å². The first-order valence-electron chi connectivity index (χ1n) is 6.21. The third-order valence-corrected chi connectivity index (χ3v) is 3.84. The molecule has 3 aromatic rings. The minimum Gasteiger partial charge on any atom is -0.338 e. The molecule has 0 unspecified atom stereocenters. The number of aromatic amines is 1. The molecule has 0 aliphatic rings. The van der Waals surface area contributed by atoms with E-state index < -0.39 is 0 Å². The Bertz CT molecular complexity index is 702. The van der Waals surface area contributed by atoms with Gasteiger partial charge in [-0.1, -0.05) is 12.1 Å². The molecule has 20 heavy (non-hydrogen) atoms. The highest BCUT2D eigenvalue weighted by Crippen LogP contribution is 2.24. The molecule has 0 spiro atoms. The van der Waals surface area contributed by atoms with E-state index in [1.165, 1.54) is 17.0 Å². The van der Waals surface area contributed by atoms with Crippen LogP contribution >= 0.6 is 11.8 Å². The second-order valence-corrected chi connectivity index (χ2v) is 5.26. The second-order valence-electron chi connectivity index (χ2n) is 4.38. The first-order valence-corrected chi connectivity index (χ1v) is 7.44. The van der Waals surface area contributed by atoms with Crippen molar-refractivity contribution in [3.05, 3.63) is 60.5 Å². The normalized spacial score (nSPS) is 10.7. The highest BCUT2D eigenvalue weighted by atomic mass is 32.2. The Morgan fingerprint density at radius 3 is 2.25 bits per heavy atom. The molecule has 0 atom stereocenters. The molecular formula is C16H13FN2S. The Balaban J connectivity index is 1.91. The molecule has 1 N–H and O–H groups in total. The van der Waals surface area contributed by atoms with Crippen molar-refractivity contribution in [2.75, 3.05) is 6.26 Å². The minimum atomic E-state index is -0.235. The van der Waals surface area contributed by atoms with Gasteiger partial charge < -0.3 is 4.98 Å². The van der Waals surface area contributed by atoms with Gasteiger partial charge in [0.1, 0.15) is 11.6 Å². The van der Waals surface area contributed by atoms with Gasteiger partial charge in [0.15, 0.2) is 0 Å². The molecule has 2 nitrogen and oxygen atoms in total. The Morgan fingerprint density at radius 1 is 0.950 bits per heavy atom. The lowest BCUT2D eigenvalue weighted by Crippen LogP contribution is -1.82. The van der Waals surface area contributed by atoms with Crippen LogP contribution in [0.2, 0.25) is 0 Å². The molecule has 0 saturated carbocycles. The summed E-state index contributed by atoms with van der Waals surface area (Å²) in [4.78, 5) is 8.87. The van der Waals surface area contributed by atoms with Crippen LogP contribution < -0.4 is 0 Å². The standard InChI is InChI=1S/C16H13FN2S/c1-20-14-8-4-12(5-9-14)16-18-10-15(19-16)11-2-6-13(17)7-3-11/h2-10H,1H3,(H,18,19). The molecule has 0 aliphatic carbocycles. The molecule has 1 aromatic heterocycles. The fourth-order valence-corrected chi connectivity index (χ4v) is 2.40. The summed E-state index contributed by atoms with van der Waals surface area (Å²) < 4.78 is 12.9. The van der Waals surface area contributed by atoms with Gasteiger partial charge in [-0.2, -0.15) is 0 Å². The van der Waals surface area contributed by atoms with Crippen molar-refractivity contribution in [3.8, 4) is 22.6 Å². The van der Waals surface area contributed by atoms with Gasteiger partial charge >= 0.3 is 0 Å². The molecule has 2 aromatic carbocycles. The van der Waals surface area contributed by atoms with Gasteiger partial charge in [-0.15, -0.1) is 11.8 Å². The average Bonchev–Trinajstić information content (AvgIpc) is 2.98. The van der Waals surface area contributed by atoms with Crippen molar-refractivity contribution < 1.29 is 4.39 Å². The lowest BCUT2D eigenvalue weighted by atomic mass is 10.2. The maximum atomic E-state index is 12.9. The van der Waals surface area contributed by atoms with Gasteiger partial charge in [-0.25, -0.2) is 9.37 Å². The summed E-state index contributed by atoms with van der Waals surface area (Å²) in [5.41, 5.74) is 2.84. The van der Waals surface area contributed by atoms with E-state index in [0.717, 1.165) is 22.6 Å². The Hall–Kier alpha value is -2.07. The number of imidazole rings is 1. The number of hydrogen-bond donors (Lipinski definition) is 1. The van der Waals surface area contributed by atoms with Gasteiger partial charge in [0, 0.05) is 10.5 Å². The predicted molar refractivity (Wildman–Crippen MR) is 81.2 cm³/mol. The second kappa shape index (κ2) is 5.51. The monoisotopic (exact) mass is 284 g/mol. The van der Waals surface area contributed by atoms with Gasteiger partial charge in [0.25, 0.3) is 0 Å². The Labute approximate surface area is 121 Å². The van der Waals surface area contributed by atoms with E-state index in [1.807, 2.05) is 12.1 Å². The lowest BCUT2D eigenvalue weighted by Gasteiger charge is -2.00. The van der Waals surface area contributed by atoms with Gasteiger partial charge in [-0.3, -0.25) is 0 Å². The number of nitrogens with one attached hydrogen (secondary N) is 1. The maximum absolute atomic E-state index is 12.9. The third kappa shape index (κ3) is 2.60. The summed E-state index contributed by atoms with van der Waals surface area (Å²) in [6.07, 6.45) is 3.82. The molecule has 3 rings (SSSR count). The van der Waals surface area contributed by atoms with Crippen LogP contribution in [0.15, 0.2) is 59.6 Å². The van der Waals surface area contributed by atoms with Crippen molar-refractivity contribution in [3.63, 3.8) is 0 Å². The summed E-state index contributed by atoms with van der Waals surface area (Å²) in [7, 11) is 0. The molecule has 0 fully saturated rings. The number of thioether (sulfide) groups is 1. The number of benzene rings is 2. The van der Waals surface area contributed by atoms with Gasteiger partial charge in [0.2, 0.25) is 0 Å². The van der Waals surface area contributed by atoms with Crippen molar-refractivity contribution in [2.24, 2.45) is 0 Å². The molecule has 100 valence electrons. The SMILES string of the molecule is CSc1ccc(-c2ncc(-c3ccc(F)cc3)[nH]2)cc1. The molecule has 0 amide bonds. The first kappa shape index (κ1) is 12.9. The largest absolute Gasteiger partial charge is 0.338 e. The van der Waals surface area contributed by atoms with E-state index in [4.69, 9.17) is 0 Å².